The molecule has 0 amide bonds. The first-order valence-electron chi connectivity index (χ1n) is 9.80. The molecule has 5 heteroatoms. The first kappa shape index (κ1) is 18.2. The Morgan fingerprint density at radius 2 is 1.82 bits per heavy atom. The minimum Gasteiger partial charge on any atom is -0.268 e. The lowest BCUT2D eigenvalue weighted by molar-refractivity contribution is 0.687. The summed E-state index contributed by atoms with van der Waals surface area (Å²) in [6, 6.07) is 10.7. The molecular formula is C23H25N5. The Morgan fingerprint density at radius 1 is 1.04 bits per heavy atom. The van der Waals surface area contributed by atoms with E-state index in [0.717, 1.165) is 53.8 Å². The minimum absolute atomic E-state index is 0.745. The van der Waals surface area contributed by atoms with Crippen molar-refractivity contribution < 1.29 is 0 Å². The van der Waals surface area contributed by atoms with Gasteiger partial charge >= 0.3 is 0 Å². The number of hydrogen-bond acceptors (Lipinski definition) is 3. The van der Waals surface area contributed by atoms with E-state index in [1.54, 1.807) is 0 Å². The molecule has 0 aliphatic rings. The van der Waals surface area contributed by atoms with Crippen molar-refractivity contribution >= 4 is 11.1 Å². The third kappa shape index (κ3) is 3.74. The monoisotopic (exact) mass is 371 g/mol. The minimum atomic E-state index is 0.745. The van der Waals surface area contributed by atoms with Crippen LogP contribution in [0.15, 0.2) is 61.7 Å². The van der Waals surface area contributed by atoms with Crippen LogP contribution in [0, 0.1) is 0 Å². The number of aromatic nitrogens is 5. The predicted molar refractivity (Wildman–Crippen MR) is 113 cm³/mol. The maximum absolute atomic E-state index is 4.66. The van der Waals surface area contributed by atoms with Gasteiger partial charge in [0.25, 0.3) is 0 Å². The molecule has 1 aromatic carbocycles. The van der Waals surface area contributed by atoms with Crippen molar-refractivity contribution in [1.82, 2.24) is 24.4 Å². The number of allylic oxidation sites excluding steroid dienone is 1. The smallest absolute Gasteiger partial charge is 0.0917 e. The second kappa shape index (κ2) is 7.80. The Balaban J connectivity index is 1.55. The van der Waals surface area contributed by atoms with Crippen LogP contribution in [0.2, 0.25) is 0 Å². The fourth-order valence-corrected chi connectivity index (χ4v) is 3.29. The van der Waals surface area contributed by atoms with Gasteiger partial charge in [-0.15, -0.1) is 0 Å². The zero-order valence-electron chi connectivity index (χ0n) is 16.5. The van der Waals surface area contributed by atoms with Crippen LogP contribution < -0.4 is 0 Å². The Kier molecular flexibility index (Phi) is 5.06. The topological polar surface area (TPSA) is 48.0 Å². The second-order valence-corrected chi connectivity index (χ2v) is 7.12. The van der Waals surface area contributed by atoms with Crippen molar-refractivity contribution in [2.75, 3.05) is 0 Å². The summed E-state index contributed by atoms with van der Waals surface area (Å²) in [4.78, 5) is 4.59. The summed E-state index contributed by atoms with van der Waals surface area (Å²) in [5.41, 5.74) is 7.40. The van der Waals surface area contributed by atoms with E-state index in [4.69, 9.17) is 0 Å². The quantitative estimate of drug-likeness (QED) is 0.458. The molecule has 3 aromatic heterocycles. The van der Waals surface area contributed by atoms with Gasteiger partial charge in [0, 0.05) is 11.8 Å². The molecule has 0 radical (unpaired) electrons. The summed E-state index contributed by atoms with van der Waals surface area (Å²) in [5, 5.41) is 9.16. The fourth-order valence-electron chi connectivity index (χ4n) is 3.29. The molecule has 142 valence electrons. The Hall–Kier alpha value is -3.21. The average molecular weight is 371 g/mol. The number of hydrogen-bond donors (Lipinski definition) is 0. The molecule has 0 fully saturated rings. The maximum atomic E-state index is 4.66. The van der Waals surface area contributed by atoms with E-state index in [1.807, 2.05) is 40.1 Å². The summed E-state index contributed by atoms with van der Waals surface area (Å²) in [6.07, 6.45) is 10.8. The van der Waals surface area contributed by atoms with Gasteiger partial charge in [0.15, 0.2) is 0 Å². The normalized spacial score (nSPS) is 11.2. The summed E-state index contributed by atoms with van der Waals surface area (Å²) < 4.78 is 3.82. The van der Waals surface area contributed by atoms with Crippen molar-refractivity contribution in [3.05, 3.63) is 78.5 Å². The van der Waals surface area contributed by atoms with E-state index in [9.17, 15) is 0 Å². The molecule has 0 aliphatic heterocycles. The number of fused-ring (bicyclic) bond motifs is 1. The molecular weight excluding hydrogens is 346 g/mol. The van der Waals surface area contributed by atoms with E-state index in [2.05, 4.69) is 59.9 Å². The van der Waals surface area contributed by atoms with Crippen LogP contribution in [0.3, 0.4) is 0 Å². The van der Waals surface area contributed by atoms with E-state index in [-0.39, 0.29) is 0 Å². The fraction of sp³-hybridized carbons (Fsp3) is 0.261. The van der Waals surface area contributed by atoms with Crippen LogP contribution in [0.1, 0.15) is 43.5 Å². The summed E-state index contributed by atoms with van der Waals surface area (Å²) in [7, 11) is 0. The van der Waals surface area contributed by atoms with Crippen LogP contribution in [-0.4, -0.2) is 24.4 Å². The van der Waals surface area contributed by atoms with Gasteiger partial charge in [-0.1, -0.05) is 51.1 Å². The highest BCUT2D eigenvalue weighted by Gasteiger charge is 2.09. The molecule has 0 aliphatic carbocycles. The van der Waals surface area contributed by atoms with Crippen molar-refractivity contribution in [2.24, 2.45) is 0 Å². The van der Waals surface area contributed by atoms with E-state index in [0.29, 0.717) is 0 Å². The van der Waals surface area contributed by atoms with Gasteiger partial charge in [-0.2, -0.15) is 10.2 Å². The molecule has 0 saturated carbocycles. The van der Waals surface area contributed by atoms with Gasteiger partial charge in [-0.25, -0.2) is 4.52 Å². The van der Waals surface area contributed by atoms with Gasteiger partial charge in [0.2, 0.25) is 0 Å². The third-order valence-corrected chi connectivity index (χ3v) is 4.96. The summed E-state index contributed by atoms with van der Waals surface area (Å²) >= 11 is 0. The Morgan fingerprint density at radius 3 is 2.57 bits per heavy atom. The maximum Gasteiger partial charge on any atom is 0.0917 e. The Labute approximate surface area is 165 Å². The first-order valence-corrected chi connectivity index (χ1v) is 9.80. The highest BCUT2D eigenvalue weighted by Crippen LogP contribution is 2.21. The van der Waals surface area contributed by atoms with Crippen LogP contribution in [0.25, 0.3) is 22.3 Å². The molecule has 0 atom stereocenters. The molecule has 0 spiro atoms. The highest BCUT2D eigenvalue weighted by atomic mass is 15.3. The van der Waals surface area contributed by atoms with Gasteiger partial charge in [0.1, 0.15) is 0 Å². The second-order valence-electron chi connectivity index (χ2n) is 7.12. The lowest BCUT2D eigenvalue weighted by Gasteiger charge is -2.03. The van der Waals surface area contributed by atoms with Crippen LogP contribution in [0.4, 0.5) is 0 Å². The van der Waals surface area contributed by atoms with Crippen LogP contribution in [-0.2, 0) is 13.0 Å². The number of nitrogens with zero attached hydrogens (tertiary/aromatic N) is 5. The van der Waals surface area contributed by atoms with E-state index in [1.165, 1.54) is 11.1 Å². The van der Waals surface area contributed by atoms with Gasteiger partial charge in [-0.3, -0.25) is 9.67 Å². The third-order valence-electron chi connectivity index (χ3n) is 4.96. The standard InChI is InChI=1S/C23H25N5/c1-4-6-17(3)22-11-21-13-24-23(16-28(21)26-22)20-12-25-27(15-20)14-19-9-7-18(5-2)8-10-19/h7-13,15-16H,3-6,14H2,1-2H3. The molecule has 5 nitrogen and oxygen atoms in total. The zero-order valence-corrected chi connectivity index (χ0v) is 16.5. The number of rotatable bonds is 7. The van der Waals surface area contributed by atoms with Crippen LogP contribution in [0.5, 0.6) is 0 Å². The largest absolute Gasteiger partial charge is 0.268 e. The molecule has 4 aromatic rings. The van der Waals surface area contributed by atoms with Gasteiger partial charge in [0.05, 0.1) is 42.0 Å². The van der Waals surface area contributed by atoms with Crippen LogP contribution >= 0.6 is 0 Å². The summed E-state index contributed by atoms with van der Waals surface area (Å²) in [5.74, 6) is 0. The molecule has 4 rings (SSSR count). The SMILES string of the molecule is C=C(CCC)c1cc2cnc(-c3cnn(Cc4ccc(CC)cc4)c3)cn2n1. The van der Waals surface area contributed by atoms with Crippen molar-refractivity contribution in [1.29, 1.82) is 0 Å². The zero-order chi connectivity index (χ0) is 19.5. The molecule has 0 bridgehead atoms. The molecule has 3 heterocycles. The molecule has 28 heavy (non-hydrogen) atoms. The Bertz CT molecular complexity index is 1100. The first-order chi connectivity index (χ1) is 13.7. The predicted octanol–water partition coefficient (Wildman–Crippen LogP) is 5.02. The van der Waals surface area contributed by atoms with E-state index >= 15 is 0 Å². The number of aryl methyl sites for hydroxylation is 1. The average Bonchev–Trinajstić information content (AvgIpc) is 3.35. The molecule has 0 N–H and O–H groups in total. The van der Waals surface area contributed by atoms with Crippen molar-refractivity contribution in [3.63, 3.8) is 0 Å². The summed E-state index contributed by atoms with van der Waals surface area (Å²) in [6.45, 7) is 9.20. The lowest BCUT2D eigenvalue weighted by Crippen LogP contribution is -1.99. The highest BCUT2D eigenvalue weighted by molar-refractivity contribution is 5.66. The molecule has 0 saturated heterocycles. The number of benzene rings is 1. The van der Waals surface area contributed by atoms with Crippen molar-refractivity contribution in [2.45, 2.75) is 39.7 Å². The van der Waals surface area contributed by atoms with Crippen molar-refractivity contribution in [3.8, 4) is 11.3 Å². The lowest BCUT2D eigenvalue weighted by atomic mass is 10.1. The van der Waals surface area contributed by atoms with E-state index < -0.39 is 0 Å². The molecule has 0 unspecified atom stereocenters. The van der Waals surface area contributed by atoms with Gasteiger partial charge < -0.3 is 0 Å². The van der Waals surface area contributed by atoms with Gasteiger partial charge in [-0.05, 0) is 35.6 Å².